The lowest BCUT2D eigenvalue weighted by atomic mass is 10.2. The van der Waals surface area contributed by atoms with Gasteiger partial charge in [0, 0.05) is 18.5 Å². The molecule has 58 valence electrons. The average Bonchev–Trinajstić information content (AvgIpc) is 2.31. The van der Waals surface area contributed by atoms with Crippen molar-refractivity contribution in [1.82, 2.24) is 5.32 Å². The number of rotatable bonds is 0. The second-order valence-electron chi connectivity index (χ2n) is 2.65. The molecular formula is C8H9NO2. The first kappa shape index (κ1) is 6.46. The highest BCUT2D eigenvalue weighted by molar-refractivity contribution is 5.79. The van der Waals surface area contributed by atoms with Crippen molar-refractivity contribution in [3.05, 3.63) is 23.7 Å². The minimum Gasteiger partial charge on any atom is -0.469 e. The number of amides is 1. The van der Waals surface area contributed by atoms with Gasteiger partial charge in [0.05, 0.1) is 12.7 Å². The molecule has 1 aromatic rings. The first-order valence-electron chi connectivity index (χ1n) is 3.68. The second kappa shape index (κ2) is 2.42. The van der Waals surface area contributed by atoms with Crippen molar-refractivity contribution >= 4 is 5.91 Å². The Morgan fingerprint density at radius 3 is 3.36 bits per heavy atom. The average molecular weight is 151 g/mol. The topological polar surface area (TPSA) is 42.2 Å². The highest BCUT2D eigenvalue weighted by atomic mass is 16.3. The van der Waals surface area contributed by atoms with E-state index in [4.69, 9.17) is 4.42 Å². The lowest BCUT2D eigenvalue weighted by molar-refractivity contribution is -0.120. The summed E-state index contributed by atoms with van der Waals surface area (Å²) in [7, 11) is 0. The van der Waals surface area contributed by atoms with Gasteiger partial charge < -0.3 is 9.73 Å². The van der Waals surface area contributed by atoms with Gasteiger partial charge in [0.15, 0.2) is 0 Å². The van der Waals surface area contributed by atoms with Crippen molar-refractivity contribution in [1.29, 1.82) is 0 Å². The fourth-order valence-corrected chi connectivity index (χ4v) is 1.29. The summed E-state index contributed by atoms with van der Waals surface area (Å²) in [4.78, 5) is 11.0. The molecule has 1 N–H and O–H groups in total. The Bertz CT molecular complexity index is 277. The Hall–Kier alpha value is -1.25. The van der Waals surface area contributed by atoms with Crippen molar-refractivity contribution < 1.29 is 9.21 Å². The Morgan fingerprint density at radius 1 is 1.55 bits per heavy atom. The lowest BCUT2D eigenvalue weighted by Gasteiger charge is -1.94. The summed E-state index contributed by atoms with van der Waals surface area (Å²) in [5.74, 6) is 1.04. The van der Waals surface area contributed by atoms with Crippen LogP contribution in [0.3, 0.4) is 0 Å². The number of fused-ring (bicyclic) bond motifs is 1. The summed E-state index contributed by atoms with van der Waals surface area (Å²) >= 11 is 0. The van der Waals surface area contributed by atoms with Gasteiger partial charge in [0.2, 0.25) is 5.91 Å². The monoisotopic (exact) mass is 151 g/mol. The zero-order valence-electron chi connectivity index (χ0n) is 6.09. The number of carbonyl (C=O) groups excluding carboxylic acids is 1. The zero-order chi connectivity index (χ0) is 7.68. The Kier molecular flexibility index (Phi) is 1.42. The van der Waals surface area contributed by atoms with E-state index in [0.29, 0.717) is 13.0 Å². The smallest absolute Gasteiger partial charge is 0.224 e. The van der Waals surface area contributed by atoms with Crippen LogP contribution in [0.2, 0.25) is 0 Å². The molecule has 0 unspecified atom stereocenters. The van der Waals surface area contributed by atoms with Gasteiger partial charge in [-0.05, 0) is 6.07 Å². The normalized spacial score (nSPS) is 16.9. The third-order valence-corrected chi connectivity index (χ3v) is 1.86. The molecule has 2 heterocycles. The molecule has 1 aliphatic heterocycles. The quantitative estimate of drug-likeness (QED) is 0.586. The van der Waals surface area contributed by atoms with Gasteiger partial charge in [-0.25, -0.2) is 0 Å². The van der Waals surface area contributed by atoms with Gasteiger partial charge in [-0.3, -0.25) is 4.79 Å². The molecule has 0 atom stereocenters. The fourth-order valence-electron chi connectivity index (χ4n) is 1.29. The Morgan fingerprint density at radius 2 is 2.45 bits per heavy atom. The highest BCUT2D eigenvalue weighted by Gasteiger charge is 2.14. The van der Waals surface area contributed by atoms with Crippen molar-refractivity contribution in [3.63, 3.8) is 0 Å². The molecular weight excluding hydrogens is 142 g/mol. The molecule has 0 saturated carbocycles. The van der Waals surface area contributed by atoms with E-state index in [9.17, 15) is 4.79 Å². The first-order chi connectivity index (χ1) is 5.36. The van der Waals surface area contributed by atoms with Crippen molar-refractivity contribution in [2.45, 2.75) is 12.8 Å². The molecule has 3 nitrogen and oxygen atoms in total. The maximum atomic E-state index is 11.0. The molecule has 3 heteroatoms. The lowest BCUT2D eigenvalue weighted by Crippen LogP contribution is -2.24. The van der Waals surface area contributed by atoms with E-state index in [1.54, 1.807) is 6.26 Å². The number of nitrogens with one attached hydrogen (secondary N) is 1. The van der Waals surface area contributed by atoms with E-state index in [1.807, 2.05) is 6.07 Å². The van der Waals surface area contributed by atoms with Gasteiger partial charge in [-0.15, -0.1) is 0 Å². The summed E-state index contributed by atoms with van der Waals surface area (Å²) in [5.41, 5.74) is 1.03. The van der Waals surface area contributed by atoms with Crippen LogP contribution < -0.4 is 5.32 Å². The third kappa shape index (κ3) is 1.13. The SMILES string of the molecule is O=C1Cc2ccoc2CCN1. The molecule has 0 aromatic carbocycles. The fraction of sp³-hybridized carbons (Fsp3) is 0.375. The molecule has 1 amide bonds. The summed E-state index contributed by atoms with van der Waals surface area (Å²) < 4.78 is 5.19. The highest BCUT2D eigenvalue weighted by Crippen LogP contribution is 2.13. The largest absolute Gasteiger partial charge is 0.469 e. The van der Waals surface area contributed by atoms with Gasteiger partial charge in [-0.1, -0.05) is 0 Å². The van der Waals surface area contributed by atoms with Crippen LogP contribution >= 0.6 is 0 Å². The molecule has 0 fully saturated rings. The van der Waals surface area contributed by atoms with Crippen LogP contribution in [0.1, 0.15) is 11.3 Å². The van der Waals surface area contributed by atoms with Crippen molar-refractivity contribution in [2.24, 2.45) is 0 Å². The maximum absolute atomic E-state index is 11.0. The Labute approximate surface area is 64.4 Å². The van der Waals surface area contributed by atoms with Gasteiger partial charge in [0.25, 0.3) is 0 Å². The predicted molar refractivity (Wildman–Crippen MR) is 39.1 cm³/mol. The molecule has 0 radical (unpaired) electrons. The molecule has 0 bridgehead atoms. The molecule has 11 heavy (non-hydrogen) atoms. The van der Waals surface area contributed by atoms with Crippen LogP contribution in [0.15, 0.2) is 16.7 Å². The van der Waals surface area contributed by atoms with E-state index in [1.165, 1.54) is 0 Å². The van der Waals surface area contributed by atoms with Crippen LogP contribution in [0.25, 0.3) is 0 Å². The van der Waals surface area contributed by atoms with E-state index >= 15 is 0 Å². The third-order valence-electron chi connectivity index (χ3n) is 1.86. The molecule has 0 spiro atoms. The standard InChI is InChI=1S/C8H9NO2/c10-8-5-6-2-4-11-7(6)1-3-9-8/h2,4H,1,3,5H2,(H,9,10). The molecule has 0 saturated heterocycles. The Balaban J connectivity index is 2.32. The number of furan rings is 1. The molecule has 1 aliphatic rings. The van der Waals surface area contributed by atoms with Crippen LogP contribution in [0, 0.1) is 0 Å². The number of hydrogen-bond acceptors (Lipinski definition) is 2. The summed E-state index contributed by atoms with van der Waals surface area (Å²) in [6.45, 7) is 0.694. The minimum atomic E-state index is 0.0881. The zero-order valence-corrected chi connectivity index (χ0v) is 6.09. The van der Waals surface area contributed by atoms with E-state index in [2.05, 4.69) is 5.32 Å². The molecule has 2 rings (SSSR count). The number of carbonyl (C=O) groups is 1. The van der Waals surface area contributed by atoms with Crippen LogP contribution in [0.5, 0.6) is 0 Å². The van der Waals surface area contributed by atoms with Crippen molar-refractivity contribution in [2.75, 3.05) is 6.54 Å². The second-order valence-corrected chi connectivity index (χ2v) is 2.65. The number of hydrogen-bond donors (Lipinski definition) is 1. The summed E-state index contributed by atoms with van der Waals surface area (Å²) in [6.07, 6.45) is 2.92. The van der Waals surface area contributed by atoms with Crippen molar-refractivity contribution in [3.8, 4) is 0 Å². The van der Waals surface area contributed by atoms with Gasteiger partial charge >= 0.3 is 0 Å². The van der Waals surface area contributed by atoms with Gasteiger partial charge in [0.1, 0.15) is 5.76 Å². The van der Waals surface area contributed by atoms with E-state index < -0.39 is 0 Å². The molecule has 1 aromatic heterocycles. The van der Waals surface area contributed by atoms with Crippen LogP contribution in [0.4, 0.5) is 0 Å². The van der Waals surface area contributed by atoms with Crippen LogP contribution in [-0.4, -0.2) is 12.5 Å². The molecule has 0 aliphatic carbocycles. The van der Waals surface area contributed by atoms with Crippen LogP contribution in [-0.2, 0) is 17.6 Å². The van der Waals surface area contributed by atoms with E-state index in [-0.39, 0.29) is 5.91 Å². The summed E-state index contributed by atoms with van der Waals surface area (Å²) in [5, 5.41) is 2.78. The van der Waals surface area contributed by atoms with Gasteiger partial charge in [-0.2, -0.15) is 0 Å². The minimum absolute atomic E-state index is 0.0881. The van der Waals surface area contributed by atoms with E-state index in [0.717, 1.165) is 17.7 Å². The summed E-state index contributed by atoms with van der Waals surface area (Å²) in [6, 6.07) is 1.86. The first-order valence-corrected chi connectivity index (χ1v) is 3.68. The predicted octanol–water partition coefficient (Wildman–Crippen LogP) is 0.494. The maximum Gasteiger partial charge on any atom is 0.224 e.